The van der Waals surface area contributed by atoms with Crippen molar-refractivity contribution in [2.75, 3.05) is 10.6 Å². The van der Waals surface area contributed by atoms with E-state index in [1.54, 1.807) is 12.1 Å². The van der Waals surface area contributed by atoms with E-state index in [1.807, 2.05) is 25.1 Å². The summed E-state index contributed by atoms with van der Waals surface area (Å²) >= 11 is 0. The summed E-state index contributed by atoms with van der Waals surface area (Å²) in [6, 6.07) is 14.6. The molecule has 1 heterocycles. The van der Waals surface area contributed by atoms with Gasteiger partial charge in [-0.25, -0.2) is 4.39 Å². The van der Waals surface area contributed by atoms with Gasteiger partial charge in [0.25, 0.3) is 11.8 Å². The summed E-state index contributed by atoms with van der Waals surface area (Å²) in [5, 5.41) is 5.22. The van der Waals surface area contributed by atoms with Crippen LogP contribution in [0.2, 0.25) is 0 Å². The molecule has 0 spiro atoms. The number of hydrogen-bond acceptors (Lipinski definition) is 3. The Morgan fingerprint density at radius 2 is 1.58 bits per heavy atom. The summed E-state index contributed by atoms with van der Waals surface area (Å²) < 4.78 is 13.7. The number of carbonyl (C=O) groups excluding carboxylic acids is 2. The molecule has 0 fully saturated rings. The molecule has 2 aromatic carbocycles. The van der Waals surface area contributed by atoms with Crippen LogP contribution in [0.5, 0.6) is 0 Å². The Morgan fingerprint density at radius 1 is 0.885 bits per heavy atom. The third kappa shape index (κ3) is 4.10. The van der Waals surface area contributed by atoms with E-state index < -0.39 is 11.7 Å². The minimum Gasteiger partial charge on any atom is -0.322 e. The van der Waals surface area contributed by atoms with Gasteiger partial charge in [-0.1, -0.05) is 24.3 Å². The van der Waals surface area contributed by atoms with E-state index in [4.69, 9.17) is 0 Å². The van der Waals surface area contributed by atoms with Crippen molar-refractivity contribution in [3.05, 3.63) is 89.5 Å². The van der Waals surface area contributed by atoms with Gasteiger partial charge in [-0.3, -0.25) is 14.6 Å². The number of benzene rings is 2. The Hall–Kier alpha value is -3.54. The van der Waals surface area contributed by atoms with E-state index in [9.17, 15) is 14.0 Å². The summed E-state index contributed by atoms with van der Waals surface area (Å²) in [6.07, 6.45) is 2.69. The van der Waals surface area contributed by atoms with Crippen molar-refractivity contribution in [3.63, 3.8) is 0 Å². The molecular weight excluding hydrogens is 333 g/mol. The molecule has 2 N–H and O–H groups in total. The Balaban J connectivity index is 1.76. The number of carbonyl (C=O) groups is 2. The lowest BCUT2D eigenvalue weighted by molar-refractivity contribution is 0.102. The van der Waals surface area contributed by atoms with E-state index >= 15 is 0 Å². The SMILES string of the molecule is Cc1cccc(NC(=O)c2cncc(C(=O)Nc3ccccc3F)c2)c1. The van der Waals surface area contributed by atoms with Crippen LogP contribution in [0.4, 0.5) is 15.8 Å². The van der Waals surface area contributed by atoms with Gasteiger partial charge in [0.2, 0.25) is 0 Å². The number of anilines is 2. The fourth-order valence-electron chi connectivity index (χ4n) is 2.37. The zero-order valence-corrected chi connectivity index (χ0v) is 14.0. The maximum absolute atomic E-state index is 13.7. The number of aromatic nitrogens is 1. The largest absolute Gasteiger partial charge is 0.322 e. The van der Waals surface area contributed by atoms with Gasteiger partial charge in [-0.05, 0) is 42.8 Å². The van der Waals surface area contributed by atoms with Gasteiger partial charge in [0.1, 0.15) is 5.82 Å². The second-order valence-electron chi connectivity index (χ2n) is 5.72. The lowest BCUT2D eigenvalue weighted by Gasteiger charge is -2.08. The van der Waals surface area contributed by atoms with Crippen LogP contribution in [0, 0.1) is 12.7 Å². The maximum Gasteiger partial charge on any atom is 0.257 e. The average molecular weight is 349 g/mol. The predicted octanol–water partition coefficient (Wildman–Crippen LogP) is 4.03. The molecule has 2 amide bonds. The summed E-state index contributed by atoms with van der Waals surface area (Å²) in [4.78, 5) is 28.6. The normalized spacial score (nSPS) is 10.2. The highest BCUT2D eigenvalue weighted by Crippen LogP contribution is 2.15. The van der Waals surface area contributed by atoms with Gasteiger partial charge in [0, 0.05) is 18.1 Å². The Labute approximate surface area is 149 Å². The highest BCUT2D eigenvalue weighted by Gasteiger charge is 2.13. The van der Waals surface area contributed by atoms with Crippen LogP contribution in [0.15, 0.2) is 67.0 Å². The third-order valence-electron chi connectivity index (χ3n) is 3.66. The summed E-state index contributed by atoms with van der Waals surface area (Å²) in [5.41, 5.74) is 2.11. The van der Waals surface area contributed by atoms with Crippen LogP contribution in [-0.4, -0.2) is 16.8 Å². The Bertz CT molecular complexity index is 973. The zero-order valence-electron chi connectivity index (χ0n) is 14.0. The molecule has 0 atom stereocenters. The van der Waals surface area contributed by atoms with Gasteiger partial charge < -0.3 is 10.6 Å². The number of halogens is 1. The van der Waals surface area contributed by atoms with Gasteiger partial charge in [-0.15, -0.1) is 0 Å². The van der Waals surface area contributed by atoms with Crippen LogP contribution in [0.3, 0.4) is 0 Å². The first kappa shape index (κ1) is 17.3. The van der Waals surface area contributed by atoms with Crippen LogP contribution in [0.25, 0.3) is 0 Å². The molecular formula is C20H16FN3O2. The first-order valence-corrected chi connectivity index (χ1v) is 7.92. The fourth-order valence-corrected chi connectivity index (χ4v) is 2.37. The highest BCUT2D eigenvalue weighted by atomic mass is 19.1. The molecule has 0 aliphatic rings. The first-order chi connectivity index (χ1) is 12.5. The van der Waals surface area contributed by atoms with E-state index in [0.717, 1.165) is 5.56 Å². The molecule has 3 rings (SSSR count). The van der Waals surface area contributed by atoms with Gasteiger partial charge in [-0.2, -0.15) is 0 Å². The van der Waals surface area contributed by atoms with Crippen LogP contribution < -0.4 is 10.6 Å². The molecule has 0 radical (unpaired) electrons. The number of nitrogens with one attached hydrogen (secondary N) is 2. The van der Waals surface area contributed by atoms with Crippen molar-refractivity contribution >= 4 is 23.2 Å². The number of para-hydroxylation sites is 1. The molecule has 1 aromatic heterocycles. The van der Waals surface area contributed by atoms with Gasteiger partial charge in [0.05, 0.1) is 16.8 Å². The van der Waals surface area contributed by atoms with Crippen molar-refractivity contribution in [2.45, 2.75) is 6.92 Å². The second kappa shape index (κ2) is 7.57. The number of pyridine rings is 1. The first-order valence-electron chi connectivity index (χ1n) is 7.92. The predicted molar refractivity (Wildman–Crippen MR) is 97.7 cm³/mol. The molecule has 0 aliphatic carbocycles. The maximum atomic E-state index is 13.7. The van der Waals surface area contributed by atoms with Gasteiger partial charge in [0.15, 0.2) is 0 Å². The average Bonchev–Trinajstić information content (AvgIpc) is 2.63. The molecule has 0 saturated carbocycles. The number of amides is 2. The standard InChI is InChI=1S/C20H16FN3O2/c1-13-5-4-6-16(9-13)23-19(25)14-10-15(12-22-11-14)20(26)24-18-8-3-2-7-17(18)21/h2-12H,1H3,(H,23,25)(H,24,26). The zero-order chi connectivity index (χ0) is 18.5. The van der Waals surface area contributed by atoms with Crippen molar-refractivity contribution in [1.82, 2.24) is 4.98 Å². The van der Waals surface area contributed by atoms with E-state index in [1.165, 1.54) is 36.7 Å². The molecule has 3 aromatic rings. The molecule has 0 unspecified atom stereocenters. The molecule has 6 heteroatoms. The molecule has 26 heavy (non-hydrogen) atoms. The molecule has 0 bridgehead atoms. The highest BCUT2D eigenvalue weighted by molar-refractivity contribution is 6.08. The van der Waals surface area contributed by atoms with Crippen molar-refractivity contribution in [1.29, 1.82) is 0 Å². The molecule has 130 valence electrons. The number of rotatable bonds is 4. The topological polar surface area (TPSA) is 71.1 Å². The monoisotopic (exact) mass is 349 g/mol. The van der Waals surface area contributed by atoms with Crippen LogP contribution >= 0.6 is 0 Å². The molecule has 0 saturated heterocycles. The summed E-state index contributed by atoms with van der Waals surface area (Å²) in [7, 11) is 0. The summed E-state index contributed by atoms with van der Waals surface area (Å²) in [5.74, 6) is -1.47. The molecule has 0 aliphatic heterocycles. The molecule has 5 nitrogen and oxygen atoms in total. The number of nitrogens with zero attached hydrogens (tertiary/aromatic N) is 1. The van der Waals surface area contributed by atoms with Crippen LogP contribution in [-0.2, 0) is 0 Å². The summed E-state index contributed by atoms with van der Waals surface area (Å²) in [6.45, 7) is 1.92. The lowest BCUT2D eigenvalue weighted by atomic mass is 10.1. The second-order valence-corrected chi connectivity index (χ2v) is 5.72. The van der Waals surface area contributed by atoms with E-state index in [-0.39, 0.29) is 22.7 Å². The minimum absolute atomic E-state index is 0.0621. The minimum atomic E-state index is -0.548. The quantitative estimate of drug-likeness (QED) is 0.747. The Kier molecular flexibility index (Phi) is 5.03. The third-order valence-corrected chi connectivity index (χ3v) is 3.66. The van der Waals surface area contributed by atoms with E-state index in [2.05, 4.69) is 15.6 Å². The van der Waals surface area contributed by atoms with Crippen molar-refractivity contribution < 1.29 is 14.0 Å². The van der Waals surface area contributed by atoms with Crippen LogP contribution in [0.1, 0.15) is 26.3 Å². The number of aryl methyl sites for hydroxylation is 1. The smallest absolute Gasteiger partial charge is 0.257 e. The Morgan fingerprint density at radius 3 is 2.27 bits per heavy atom. The van der Waals surface area contributed by atoms with Gasteiger partial charge >= 0.3 is 0 Å². The van der Waals surface area contributed by atoms with Crippen molar-refractivity contribution in [2.24, 2.45) is 0 Å². The van der Waals surface area contributed by atoms with E-state index in [0.29, 0.717) is 5.69 Å². The fraction of sp³-hybridized carbons (Fsp3) is 0.0500. The number of hydrogen-bond donors (Lipinski definition) is 2. The van der Waals surface area contributed by atoms with Crippen molar-refractivity contribution in [3.8, 4) is 0 Å². The lowest BCUT2D eigenvalue weighted by Crippen LogP contribution is -2.16.